The summed E-state index contributed by atoms with van der Waals surface area (Å²) in [6.07, 6.45) is 1.16. The number of esters is 1. The van der Waals surface area contributed by atoms with E-state index in [-0.39, 0.29) is 5.70 Å². The van der Waals surface area contributed by atoms with Gasteiger partial charge in [0.1, 0.15) is 5.70 Å². The average Bonchev–Trinajstić information content (AvgIpc) is 1.90. The van der Waals surface area contributed by atoms with Gasteiger partial charge in [-0.25, -0.2) is 4.79 Å². The normalized spacial score (nSPS) is 10.7. The fourth-order valence-electron chi connectivity index (χ4n) is 0.363. The fourth-order valence-corrected chi connectivity index (χ4v) is 0.363. The van der Waals surface area contributed by atoms with E-state index in [4.69, 9.17) is 5.73 Å². The van der Waals surface area contributed by atoms with E-state index in [1.54, 1.807) is 7.05 Å². The van der Waals surface area contributed by atoms with Gasteiger partial charge in [-0.05, 0) is 0 Å². The van der Waals surface area contributed by atoms with Gasteiger partial charge in [0, 0.05) is 13.2 Å². The van der Waals surface area contributed by atoms with E-state index in [0.29, 0.717) is 0 Å². The lowest BCUT2D eigenvalue weighted by atomic mass is 10.5. The molecule has 9 heavy (non-hydrogen) atoms. The van der Waals surface area contributed by atoms with Gasteiger partial charge < -0.3 is 15.8 Å². The minimum absolute atomic E-state index is 0.262. The number of carbonyl (C=O) groups excluding carboxylic acids is 1. The summed E-state index contributed by atoms with van der Waals surface area (Å²) < 4.78 is 4.34. The molecule has 0 saturated carbocycles. The van der Waals surface area contributed by atoms with Gasteiger partial charge in [-0.3, -0.25) is 0 Å². The second kappa shape index (κ2) is 3.77. The van der Waals surface area contributed by atoms with Gasteiger partial charge in [0.2, 0.25) is 0 Å². The molecule has 0 bridgehead atoms. The molecule has 0 radical (unpaired) electrons. The highest BCUT2D eigenvalue weighted by Gasteiger charge is 2.03. The van der Waals surface area contributed by atoms with Crippen molar-refractivity contribution in [1.29, 1.82) is 0 Å². The molecule has 0 saturated heterocycles. The minimum atomic E-state index is -0.458. The van der Waals surface area contributed by atoms with Crippen LogP contribution in [0.3, 0.4) is 0 Å². The molecule has 4 heteroatoms. The number of nitrogens with one attached hydrogen (secondary N) is 1. The Balaban J connectivity index is 3.97. The zero-order chi connectivity index (χ0) is 7.28. The van der Waals surface area contributed by atoms with Crippen LogP contribution < -0.4 is 11.1 Å². The van der Waals surface area contributed by atoms with E-state index >= 15 is 0 Å². The third kappa shape index (κ3) is 2.03. The number of hydrogen-bond donors (Lipinski definition) is 2. The van der Waals surface area contributed by atoms with Crippen LogP contribution in [0, 0.1) is 0 Å². The van der Waals surface area contributed by atoms with Crippen molar-refractivity contribution < 1.29 is 9.53 Å². The summed E-state index contributed by atoms with van der Waals surface area (Å²) in [5, 5.41) is 2.56. The average molecular weight is 130 g/mol. The van der Waals surface area contributed by atoms with Crippen LogP contribution in [-0.2, 0) is 9.53 Å². The van der Waals surface area contributed by atoms with Crippen molar-refractivity contribution in [2.24, 2.45) is 5.73 Å². The second-order valence-electron chi connectivity index (χ2n) is 1.32. The van der Waals surface area contributed by atoms with Crippen LogP contribution in [0.4, 0.5) is 0 Å². The van der Waals surface area contributed by atoms with Gasteiger partial charge in [-0.15, -0.1) is 0 Å². The maximum absolute atomic E-state index is 10.5. The number of carbonyl (C=O) groups is 1. The molecule has 0 aromatic heterocycles. The summed E-state index contributed by atoms with van der Waals surface area (Å²) in [4.78, 5) is 10.5. The SMILES string of the molecule is CN/C(=C\N)C(=O)OC. The first-order valence-corrected chi connectivity index (χ1v) is 2.44. The molecular weight excluding hydrogens is 120 g/mol. The molecule has 0 rings (SSSR count). The van der Waals surface area contributed by atoms with Gasteiger partial charge in [-0.1, -0.05) is 0 Å². The van der Waals surface area contributed by atoms with Crippen LogP contribution in [0.1, 0.15) is 0 Å². The van der Waals surface area contributed by atoms with Crippen molar-refractivity contribution in [1.82, 2.24) is 5.32 Å². The molecule has 0 aromatic carbocycles. The molecule has 4 nitrogen and oxygen atoms in total. The maximum Gasteiger partial charge on any atom is 0.355 e. The topological polar surface area (TPSA) is 64.3 Å². The molecule has 0 aromatic rings. The fraction of sp³-hybridized carbons (Fsp3) is 0.400. The maximum atomic E-state index is 10.5. The summed E-state index contributed by atoms with van der Waals surface area (Å²) in [5.74, 6) is -0.458. The predicted octanol–water partition coefficient (Wildman–Crippen LogP) is -0.821. The minimum Gasteiger partial charge on any atom is -0.464 e. The van der Waals surface area contributed by atoms with Crippen molar-refractivity contribution in [3.8, 4) is 0 Å². The molecule has 3 N–H and O–H groups in total. The first-order chi connectivity index (χ1) is 4.26. The Hall–Kier alpha value is -1.19. The van der Waals surface area contributed by atoms with E-state index in [2.05, 4.69) is 10.1 Å². The predicted molar refractivity (Wildman–Crippen MR) is 33.3 cm³/mol. The second-order valence-corrected chi connectivity index (χ2v) is 1.32. The van der Waals surface area contributed by atoms with E-state index in [1.807, 2.05) is 0 Å². The van der Waals surface area contributed by atoms with Crippen LogP contribution in [0.25, 0.3) is 0 Å². The Labute approximate surface area is 53.7 Å². The third-order valence-electron chi connectivity index (χ3n) is 0.841. The number of likely N-dealkylation sites (N-methyl/N-ethyl adjacent to an activating group) is 1. The quantitative estimate of drug-likeness (QED) is 0.378. The lowest BCUT2D eigenvalue weighted by Crippen LogP contribution is -2.18. The molecule has 0 fully saturated rings. The van der Waals surface area contributed by atoms with E-state index < -0.39 is 5.97 Å². The highest BCUT2D eigenvalue weighted by atomic mass is 16.5. The number of rotatable bonds is 2. The molecule has 0 atom stereocenters. The molecule has 52 valence electrons. The number of hydrogen-bond acceptors (Lipinski definition) is 4. The smallest absolute Gasteiger partial charge is 0.355 e. The van der Waals surface area contributed by atoms with E-state index in [0.717, 1.165) is 6.20 Å². The number of methoxy groups -OCH3 is 1. The zero-order valence-corrected chi connectivity index (χ0v) is 5.47. The monoisotopic (exact) mass is 130 g/mol. The van der Waals surface area contributed by atoms with Crippen LogP contribution in [-0.4, -0.2) is 20.1 Å². The van der Waals surface area contributed by atoms with Crippen molar-refractivity contribution in [3.63, 3.8) is 0 Å². The molecular formula is C5H10N2O2. The Morgan fingerprint density at radius 3 is 2.44 bits per heavy atom. The standard InChI is InChI=1S/C5H10N2O2/c1-7-4(3-6)5(8)9-2/h3,7H,6H2,1-2H3/b4-3-. The van der Waals surface area contributed by atoms with Gasteiger partial charge in [-0.2, -0.15) is 0 Å². The highest BCUT2D eigenvalue weighted by Crippen LogP contribution is 1.86. The molecule has 0 unspecified atom stereocenters. The van der Waals surface area contributed by atoms with Crippen LogP contribution in [0.2, 0.25) is 0 Å². The van der Waals surface area contributed by atoms with Crippen LogP contribution in [0.5, 0.6) is 0 Å². The van der Waals surface area contributed by atoms with Crippen molar-refractivity contribution in [2.45, 2.75) is 0 Å². The highest BCUT2D eigenvalue weighted by molar-refractivity contribution is 5.87. The summed E-state index contributed by atoms with van der Waals surface area (Å²) in [6.45, 7) is 0. The van der Waals surface area contributed by atoms with Crippen molar-refractivity contribution >= 4 is 5.97 Å². The summed E-state index contributed by atoms with van der Waals surface area (Å²) >= 11 is 0. The summed E-state index contributed by atoms with van der Waals surface area (Å²) in [5.41, 5.74) is 5.30. The van der Waals surface area contributed by atoms with Crippen molar-refractivity contribution in [2.75, 3.05) is 14.2 Å². The van der Waals surface area contributed by atoms with Crippen LogP contribution >= 0.6 is 0 Å². The van der Waals surface area contributed by atoms with Gasteiger partial charge in [0.25, 0.3) is 0 Å². The largest absolute Gasteiger partial charge is 0.464 e. The Morgan fingerprint density at radius 2 is 2.33 bits per heavy atom. The first-order valence-electron chi connectivity index (χ1n) is 2.44. The van der Waals surface area contributed by atoms with Crippen LogP contribution in [0.15, 0.2) is 11.9 Å². The van der Waals surface area contributed by atoms with Gasteiger partial charge in [0.15, 0.2) is 0 Å². The lowest BCUT2D eigenvalue weighted by molar-refractivity contribution is -0.136. The Kier molecular flexibility index (Phi) is 3.27. The number of ether oxygens (including phenoxy) is 1. The zero-order valence-electron chi connectivity index (χ0n) is 5.47. The van der Waals surface area contributed by atoms with E-state index in [1.165, 1.54) is 7.11 Å². The van der Waals surface area contributed by atoms with Gasteiger partial charge in [0.05, 0.1) is 7.11 Å². The summed E-state index contributed by atoms with van der Waals surface area (Å²) in [7, 11) is 2.89. The molecule has 0 amide bonds. The van der Waals surface area contributed by atoms with Crippen molar-refractivity contribution in [3.05, 3.63) is 11.9 Å². The number of nitrogens with two attached hydrogens (primary N) is 1. The van der Waals surface area contributed by atoms with Gasteiger partial charge >= 0.3 is 5.97 Å². The lowest BCUT2D eigenvalue weighted by Gasteiger charge is -2.00. The molecule has 0 spiro atoms. The molecule has 0 aliphatic carbocycles. The summed E-state index contributed by atoms with van der Waals surface area (Å²) in [6, 6.07) is 0. The first kappa shape index (κ1) is 7.81. The molecule has 0 heterocycles. The molecule has 0 aliphatic heterocycles. The Bertz CT molecular complexity index is 131. The Morgan fingerprint density at radius 1 is 1.78 bits per heavy atom. The van der Waals surface area contributed by atoms with E-state index in [9.17, 15) is 4.79 Å². The molecule has 0 aliphatic rings. The third-order valence-corrected chi connectivity index (χ3v) is 0.841.